The summed E-state index contributed by atoms with van der Waals surface area (Å²) in [7, 11) is 2.56. The van der Waals surface area contributed by atoms with Crippen molar-refractivity contribution in [3.8, 4) is 0 Å². The van der Waals surface area contributed by atoms with Crippen molar-refractivity contribution in [3.05, 3.63) is 23.8 Å². The molecule has 0 aromatic heterocycles. The van der Waals surface area contributed by atoms with E-state index >= 15 is 0 Å². The number of ketones is 1. The molecule has 20 heteroatoms. The average Bonchev–Trinajstić information content (AvgIpc) is 3.27. The van der Waals surface area contributed by atoms with Gasteiger partial charge in [-0.15, -0.1) is 0 Å². The van der Waals surface area contributed by atoms with Crippen LogP contribution in [0.2, 0.25) is 39.3 Å². The van der Waals surface area contributed by atoms with Gasteiger partial charge in [-0.3, -0.25) is 9.59 Å². The summed E-state index contributed by atoms with van der Waals surface area (Å²) in [4.78, 5) is 42.6. The molecule has 0 bridgehead atoms. The molecule has 416 valence electrons. The molecular formula is C52H93NO17Si2. The van der Waals surface area contributed by atoms with Gasteiger partial charge in [-0.2, -0.15) is 0 Å². The van der Waals surface area contributed by atoms with Crippen LogP contribution in [0.3, 0.4) is 0 Å². The first-order chi connectivity index (χ1) is 33.4. The normalized spacial score (nSPS) is 42.7. The zero-order valence-corrected chi connectivity index (χ0v) is 48.6. The van der Waals surface area contributed by atoms with E-state index in [4.69, 9.17) is 51.5 Å². The fraction of sp³-hybridized carbons (Fsp3) is 0.865. The van der Waals surface area contributed by atoms with Crippen LogP contribution in [0.5, 0.6) is 0 Å². The highest BCUT2D eigenvalue weighted by atomic mass is 28.4. The Labute approximate surface area is 432 Å². The van der Waals surface area contributed by atoms with Gasteiger partial charge in [-0.05, 0) is 113 Å². The lowest BCUT2D eigenvalue weighted by Crippen LogP contribution is -2.67. The standard InChI is InChI=1S/C52H93NO17Si2/c1-19-39-36(28-62-50-48(61-12)47(60-11)45(33(6)64-50)69-71(13,14)15)24-29(2)20-21-37(55)30(3)25-35(22-23-54)43(31(4)38(56)26-40(57)66-39)68-51-46(70-72(16,17)18)42(53(9)10)44(32(5)65-51)67-41-27-52(8,59)49(58)34(7)63-41/h20-21,23-24,30-36,38-39,41-51,56,58-59H,19,22,25-28H2,1-18H3/b21-20-,29-24-/t30-,31+,32-,33-,34+,35+,36?,38-,39-,41+,42+,43-,44-,45-,46-,47-,48-,49+,50-,51+,52-/m1/s1. The summed E-state index contributed by atoms with van der Waals surface area (Å²) in [5.41, 5.74) is -0.737. The zero-order chi connectivity index (χ0) is 54.2. The number of carbonyl (C=O) groups excluding carboxylic acids is 3. The van der Waals surface area contributed by atoms with Gasteiger partial charge in [0, 0.05) is 44.8 Å². The maximum absolute atomic E-state index is 14.1. The van der Waals surface area contributed by atoms with E-state index in [9.17, 15) is 29.7 Å². The van der Waals surface area contributed by atoms with Crippen molar-refractivity contribution in [2.45, 2.75) is 231 Å². The van der Waals surface area contributed by atoms with E-state index in [2.05, 4.69) is 19.6 Å². The number of esters is 1. The first-order valence-corrected chi connectivity index (χ1v) is 32.9. The van der Waals surface area contributed by atoms with Gasteiger partial charge in [0.15, 0.2) is 41.3 Å². The summed E-state index contributed by atoms with van der Waals surface area (Å²) in [5, 5.41) is 33.8. The molecule has 0 saturated carbocycles. The molecule has 0 aromatic carbocycles. The highest BCUT2D eigenvalue weighted by Crippen LogP contribution is 2.39. The second-order valence-electron chi connectivity index (χ2n) is 23.2. The molecule has 3 N–H and O–H groups in total. The molecule has 21 atom stereocenters. The summed E-state index contributed by atoms with van der Waals surface area (Å²) in [5.74, 6) is -3.30. The minimum absolute atomic E-state index is 0.00971. The van der Waals surface area contributed by atoms with E-state index in [-0.39, 0.29) is 43.9 Å². The Morgan fingerprint density at radius 2 is 1.40 bits per heavy atom. The van der Waals surface area contributed by atoms with Gasteiger partial charge in [0.05, 0.1) is 61.3 Å². The fourth-order valence-corrected chi connectivity index (χ4v) is 12.8. The largest absolute Gasteiger partial charge is 0.462 e. The molecule has 0 amide bonds. The van der Waals surface area contributed by atoms with E-state index in [1.54, 1.807) is 48.0 Å². The number of likely N-dealkylation sites (N-methyl/N-ethyl adjacent to an activating group) is 1. The van der Waals surface area contributed by atoms with Gasteiger partial charge in [-0.25, -0.2) is 0 Å². The van der Waals surface area contributed by atoms with Crippen molar-refractivity contribution in [2.24, 2.45) is 23.7 Å². The van der Waals surface area contributed by atoms with Gasteiger partial charge in [-0.1, -0.05) is 38.5 Å². The molecule has 4 rings (SSSR count). The van der Waals surface area contributed by atoms with Crippen LogP contribution in [0.25, 0.3) is 0 Å². The average molecular weight is 1060 g/mol. The number of nitrogens with zero attached hydrogens (tertiary/aromatic N) is 1. The van der Waals surface area contributed by atoms with E-state index in [0.29, 0.717) is 6.42 Å². The summed E-state index contributed by atoms with van der Waals surface area (Å²) in [6.45, 7) is 26.8. The summed E-state index contributed by atoms with van der Waals surface area (Å²) in [6.07, 6.45) is -5.42. The molecule has 18 nitrogen and oxygen atoms in total. The van der Waals surface area contributed by atoms with Crippen LogP contribution in [0.15, 0.2) is 23.8 Å². The minimum Gasteiger partial charge on any atom is -0.462 e. The Balaban J connectivity index is 1.68. The number of aldehydes is 1. The Morgan fingerprint density at radius 1 is 0.806 bits per heavy atom. The first-order valence-electron chi connectivity index (χ1n) is 26.0. The number of rotatable bonds is 17. The molecule has 0 aromatic rings. The van der Waals surface area contributed by atoms with Crippen molar-refractivity contribution in [2.75, 3.05) is 34.9 Å². The number of aliphatic hydroxyl groups excluding tert-OH is 2. The number of hydrogen-bond donors (Lipinski definition) is 3. The molecule has 0 radical (unpaired) electrons. The first kappa shape index (κ1) is 62.7. The van der Waals surface area contributed by atoms with Crippen LogP contribution in [0, 0.1) is 23.7 Å². The summed E-state index contributed by atoms with van der Waals surface area (Å²) < 4.78 is 70.9. The molecule has 0 spiro atoms. The second-order valence-corrected chi connectivity index (χ2v) is 32.1. The van der Waals surface area contributed by atoms with Crippen molar-refractivity contribution < 1.29 is 81.2 Å². The maximum atomic E-state index is 14.1. The predicted molar refractivity (Wildman–Crippen MR) is 275 cm³/mol. The van der Waals surface area contributed by atoms with Gasteiger partial charge in [0.1, 0.15) is 42.9 Å². The molecule has 3 fully saturated rings. The lowest BCUT2D eigenvalue weighted by atomic mass is 9.79. The van der Waals surface area contributed by atoms with Crippen molar-refractivity contribution in [1.82, 2.24) is 4.90 Å². The van der Waals surface area contributed by atoms with Gasteiger partial charge in [0.2, 0.25) is 0 Å². The summed E-state index contributed by atoms with van der Waals surface area (Å²) >= 11 is 0. The van der Waals surface area contributed by atoms with Crippen LogP contribution in [0.1, 0.15) is 87.5 Å². The van der Waals surface area contributed by atoms with Crippen LogP contribution in [-0.2, 0) is 65.9 Å². The lowest BCUT2D eigenvalue weighted by Gasteiger charge is -2.52. The Bertz CT molecular complexity index is 1790. The van der Waals surface area contributed by atoms with Crippen molar-refractivity contribution >= 4 is 34.7 Å². The van der Waals surface area contributed by atoms with E-state index in [0.717, 1.165) is 11.9 Å². The Morgan fingerprint density at radius 3 is 1.96 bits per heavy atom. The number of cyclic esters (lactones) is 1. The SMILES string of the molecule is CC[C@H]1OC(=O)C[C@@H](O)[C@H](C)[C@@H](O[C@@H]2O[C@H](C)[C@@H](O[C@H]3C[C@@](C)(O)[C@@H](O)[C@H](C)O3)[C@H](N(C)C)[C@H]2O[Si](C)(C)C)[C@@H](CC=O)C[C@@H](C)C(=O)/C=C\C(C)=C/C1CO[C@@H]1O[C@H](C)[C@@H](O[Si](C)(C)C)[C@@H](OC)[C@H]1OC. The molecule has 3 saturated heterocycles. The highest BCUT2D eigenvalue weighted by Gasteiger charge is 2.53. The number of aliphatic hydroxyl groups is 3. The molecular weight excluding hydrogens is 967 g/mol. The van der Waals surface area contributed by atoms with Crippen molar-refractivity contribution in [1.29, 1.82) is 0 Å². The quantitative estimate of drug-likeness (QED) is 0.0924. The van der Waals surface area contributed by atoms with Gasteiger partial charge in [0.25, 0.3) is 0 Å². The third-order valence-electron chi connectivity index (χ3n) is 14.3. The minimum atomic E-state index is -2.41. The second kappa shape index (κ2) is 27.0. The van der Waals surface area contributed by atoms with E-state index in [1.165, 1.54) is 6.08 Å². The smallest absolute Gasteiger partial charge is 0.308 e. The van der Waals surface area contributed by atoms with E-state index < -0.39 is 144 Å². The van der Waals surface area contributed by atoms with E-state index in [1.807, 2.05) is 72.4 Å². The molecule has 72 heavy (non-hydrogen) atoms. The number of carbonyl (C=O) groups is 3. The number of ether oxygens (including phenoxy) is 9. The molecule has 1 unspecified atom stereocenters. The van der Waals surface area contributed by atoms with Gasteiger partial charge >= 0.3 is 5.97 Å². The molecule has 4 aliphatic heterocycles. The predicted octanol–water partition coefficient (Wildman–Crippen LogP) is 5.55. The number of methoxy groups -OCH3 is 2. The maximum Gasteiger partial charge on any atom is 0.308 e. The topological polar surface area (TPSA) is 217 Å². The third-order valence-corrected chi connectivity index (χ3v) is 16.3. The zero-order valence-electron chi connectivity index (χ0n) is 46.6. The van der Waals surface area contributed by atoms with Gasteiger partial charge < -0.3 is 76.5 Å². The van der Waals surface area contributed by atoms with Crippen LogP contribution in [0.4, 0.5) is 0 Å². The molecule has 4 aliphatic rings. The highest BCUT2D eigenvalue weighted by molar-refractivity contribution is 6.70. The number of allylic oxidation sites excluding steroid dienone is 3. The lowest BCUT2D eigenvalue weighted by molar-refractivity contribution is -0.339. The Kier molecular flexibility index (Phi) is 23.5. The fourth-order valence-electron chi connectivity index (χ4n) is 10.6. The van der Waals surface area contributed by atoms with Crippen LogP contribution < -0.4 is 0 Å². The van der Waals surface area contributed by atoms with Crippen LogP contribution >= 0.6 is 0 Å². The van der Waals surface area contributed by atoms with Crippen molar-refractivity contribution in [3.63, 3.8) is 0 Å². The third kappa shape index (κ3) is 17.1. The monoisotopic (exact) mass is 1060 g/mol. The Hall–Kier alpha value is -1.84. The number of hydrogen-bond acceptors (Lipinski definition) is 18. The summed E-state index contributed by atoms with van der Waals surface area (Å²) in [6, 6.07) is -0.507. The molecule has 0 aliphatic carbocycles. The molecule has 4 heterocycles. The van der Waals surface area contributed by atoms with Crippen LogP contribution in [-0.4, -0.2) is 194 Å².